The van der Waals surface area contributed by atoms with Gasteiger partial charge < -0.3 is 11.1 Å². The van der Waals surface area contributed by atoms with Gasteiger partial charge in [0.05, 0.1) is 16.4 Å². The van der Waals surface area contributed by atoms with E-state index in [0.717, 1.165) is 6.07 Å². The van der Waals surface area contributed by atoms with E-state index >= 15 is 0 Å². The molecule has 0 saturated heterocycles. The van der Waals surface area contributed by atoms with Gasteiger partial charge in [0.2, 0.25) is 0 Å². The summed E-state index contributed by atoms with van der Waals surface area (Å²) in [4.78, 5) is 3.79. The summed E-state index contributed by atoms with van der Waals surface area (Å²) in [6.45, 7) is 0. The fraction of sp³-hybridized carbons (Fsp3) is 0. The third kappa shape index (κ3) is 2.48. The number of rotatable bonds is 2. The highest BCUT2D eigenvalue weighted by atomic mass is 35.5. The maximum atomic E-state index is 13.4. The molecule has 2 rings (SSSR count). The zero-order valence-electron chi connectivity index (χ0n) is 8.85. The molecule has 0 fully saturated rings. The Balaban J connectivity index is 2.40. The van der Waals surface area contributed by atoms with Gasteiger partial charge >= 0.3 is 0 Å². The Morgan fingerprint density at radius 3 is 2.56 bits per heavy atom. The van der Waals surface area contributed by atoms with Gasteiger partial charge in [-0.2, -0.15) is 0 Å². The molecule has 3 N–H and O–H groups in total. The number of halogens is 4. The molecular weight excluding hydrogens is 267 g/mol. The third-order valence-electron chi connectivity index (χ3n) is 2.13. The van der Waals surface area contributed by atoms with E-state index in [4.69, 9.17) is 17.3 Å². The lowest BCUT2D eigenvalue weighted by atomic mass is 10.2. The maximum absolute atomic E-state index is 13.4. The van der Waals surface area contributed by atoms with Crippen LogP contribution in [0, 0.1) is 17.5 Å². The number of aromatic nitrogens is 1. The lowest BCUT2D eigenvalue weighted by Gasteiger charge is -2.09. The van der Waals surface area contributed by atoms with Crippen LogP contribution in [0.5, 0.6) is 0 Å². The monoisotopic (exact) mass is 273 g/mol. The summed E-state index contributed by atoms with van der Waals surface area (Å²) >= 11 is 5.64. The smallest absolute Gasteiger partial charge is 0.182 e. The Morgan fingerprint density at radius 1 is 1.17 bits per heavy atom. The van der Waals surface area contributed by atoms with Crippen molar-refractivity contribution >= 4 is 28.8 Å². The number of nitrogens with zero attached hydrogens (tertiary/aromatic N) is 1. The van der Waals surface area contributed by atoms with Gasteiger partial charge in [0.15, 0.2) is 17.5 Å². The molecule has 1 aromatic carbocycles. The minimum atomic E-state index is -1.30. The molecule has 0 bridgehead atoms. The van der Waals surface area contributed by atoms with E-state index < -0.39 is 23.1 Å². The maximum Gasteiger partial charge on any atom is 0.182 e. The third-order valence-corrected chi connectivity index (χ3v) is 2.34. The summed E-state index contributed by atoms with van der Waals surface area (Å²) in [6.07, 6.45) is 1.27. The van der Waals surface area contributed by atoms with E-state index in [1.807, 2.05) is 0 Å². The van der Waals surface area contributed by atoms with Gasteiger partial charge in [-0.05, 0) is 6.07 Å². The van der Waals surface area contributed by atoms with Crippen LogP contribution in [0.15, 0.2) is 24.4 Å². The molecule has 0 radical (unpaired) electrons. The minimum absolute atomic E-state index is 0.0586. The molecule has 0 aliphatic heterocycles. The van der Waals surface area contributed by atoms with Crippen LogP contribution in [-0.4, -0.2) is 4.98 Å². The fourth-order valence-corrected chi connectivity index (χ4v) is 1.50. The zero-order chi connectivity index (χ0) is 13.3. The minimum Gasteiger partial charge on any atom is -0.396 e. The first-order valence-electron chi connectivity index (χ1n) is 4.80. The number of benzene rings is 1. The summed E-state index contributed by atoms with van der Waals surface area (Å²) in [5.74, 6) is -3.37. The molecule has 1 aromatic heterocycles. The molecule has 0 saturated carbocycles. The first kappa shape index (κ1) is 12.5. The number of nitrogen functional groups attached to an aromatic ring is 1. The van der Waals surface area contributed by atoms with E-state index in [1.165, 1.54) is 12.3 Å². The van der Waals surface area contributed by atoms with Gasteiger partial charge in [0.1, 0.15) is 5.82 Å². The van der Waals surface area contributed by atoms with Crippen LogP contribution in [0.1, 0.15) is 0 Å². The van der Waals surface area contributed by atoms with Gasteiger partial charge in [-0.25, -0.2) is 18.2 Å². The molecule has 0 aliphatic carbocycles. The Morgan fingerprint density at radius 2 is 1.89 bits per heavy atom. The first-order valence-corrected chi connectivity index (χ1v) is 5.18. The second-order valence-corrected chi connectivity index (χ2v) is 3.90. The molecule has 0 aliphatic rings. The van der Waals surface area contributed by atoms with Crippen molar-refractivity contribution in [2.75, 3.05) is 11.1 Å². The van der Waals surface area contributed by atoms with Crippen LogP contribution in [0.4, 0.5) is 30.4 Å². The van der Waals surface area contributed by atoms with Gasteiger partial charge in [0.25, 0.3) is 0 Å². The number of nitrogens with one attached hydrogen (secondary N) is 1. The topological polar surface area (TPSA) is 50.9 Å². The largest absolute Gasteiger partial charge is 0.396 e. The molecular formula is C11H7ClF3N3. The normalized spacial score (nSPS) is 10.4. The Bertz CT molecular complexity index is 604. The predicted octanol–water partition coefficient (Wildman–Crippen LogP) is 3.48. The Kier molecular flexibility index (Phi) is 3.29. The van der Waals surface area contributed by atoms with Crippen molar-refractivity contribution < 1.29 is 13.2 Å². The van der Waals surface area contributed by atoms with Crippen molar-refractivity contribution in [2.45, 2.75) is 0 Å². The number of anilines is 3. The highest BCUT2D eigenvalue weighted by molar-refractivity contribution is 6.30. The number of nitrogens with two attached hydrogens (primary N) is 1. The summed E-state index contributed by atoms with van der Waals surface area (Å²) in [5, 5.41) is 2.69. The fourth-order valence-electron chi connectivity index (χ4n) is 1.33. The highest BCUT2D eigenvalue weighted by Crippen LogP contribution is 2.26. The quantitative estimate of drug-likeness (QED) is 0.824. The average Bonchev–Trinajstić information content (AvgIpc) is 2.29. The molecule has 0 atom stereocenters. The second kappa shape index (κ2) is 4.73. The first-order chi connectivity index (χ1) is 8.47. The summed E-state index contributed by atoms with van der Waals surface area (Å²) < 4.78 is 39.3. The van der Waals surface area contributed by atoms with Crippen molar-refractivity contribution in [1.82, 2.24) is 4.98 Å². The van der Waals surface area contributed by atoms with E-state index in [9.17, 15) is 13.2 Å². The molecule has 7 heteroatoms. The van der Waals surface area contributed by atoms with Crippen molar-refractivity contribution in [3.05, 3.63) is 46.9 Å². The number of hydrogen-bond donors (Lipinski definition) is 2. The standard InChI is InChI=1S/C11H7ClF3N3/c12-5-1-8(16)11(17-4-5)18-9-3-6(13)2-7(14)10(9)15/h1-4H,16H2,(H,17,18). The van der Waals surface area contributed by atoms with Crippen molar-refractivity contribution in [2.24, 2.45) is 0 Å². The highest BCUT2D eigenvalue weighted by Gasteiger charge is 2.12. The molecule has 1 heterocycles. The summed E-state index contributed by atoms with van der Waals surface area (Å²) in [5.41, 5.74) is 5.31. The Hall–Kier alpha value is -1.95. The van der Waals surface area contributed by atoms with E-state index in [0.29, 0.717) is 11.1 Å². The lowest BCUT2D eigenvalue weighted by Crippen LogP contribution is -2.02. The number of pyridine rings is 1. The van der Waals surface area contributed by atoms with Crippen molar-refractivity contribution in [1.29, 1.82) is 0 Å². The van der Waals surface area contributed by atoms with Crippen LogP contribution >= 0.6 is 11.6 Å². The molecule has 0 amide bonds. The second-order valence-electron chi connectivity index (χ2n) is 3.47. The Labute approximate surface area is 105 Å². The number of hydrogen-bond acceptors (Lipinski definition) is 3. The van der Waals surface area contributed by atoms with E-state index in [2.05, 4.69) is 10.3 Å². The van der Waals surface area contributed by atoms with Crippen molar-refractivity contribution in [3.8, 4) is 0 Å². The van der Waals surface area contributed by atoms with Gasteiger partial charge in [0, 0.05) is 18.3 Å². The van der Waals surface area contributed by atoms with Crippen LogP contribution in [0.2, 0.25) is 5.02 Å². The lowest BCUT2D eigenvalue weighted by molar-refractivity contribution is 0.498. The predicted molar refractivity (Wildman–Crippen MR) is 63.3 cm³/mol. The van der Waals surface area contributed by atoms with E-state index in [1.54, 1.807) is 0 Å². The van der Waals surface area contributed by atoms with Crippen LogP contribution in [0.25, 0.3) is 0 Å². The van der Waals surface area contributed by atoms with Gasteiger partial charge in [-0.1, -0.05) is 11.6 Å². The SMILES string of the molecule is Nc1cc(Cl)cnc1Nc1cc(F)cc(F)c1F. The molecule has 94 valence electrons. The summed E-state index contributed by atoms with van der Waals surface area (Å²) in [6, 6.07) is 2.62. The molecule has 0 spiro atoms. The zero-order valence-corrected chi connectivity index (χ0v) is 9.60. The van der Waals surface area contributed by atoms with Crippen molar-refractivity contribution in [3.63, 3.8) is 0 Å². The molecule has 18 heavy (non-hydrogen) atoms. The van der Waals surface area contributed by atoms with Gasteiger partial charge in [-0.15, -0.1) is 0 Å². The average molecular weight is 274 g/mol. The summed E-state index contributed by atoms with van der Waals surface area (Å²) in [7, 11) is 0. The van der Waals surface area contributed by atoms with Crippen LogP contribution in [0.3, 0.4) is 0 Å². The van der Waals surface area contributed by atoms with Crippen LogP contribution < -0.4 is 11.1 Å². The van der Waals surface area contributed by atoms with Gasteiger partial charge in [-0.3, -0.25) is 0 Å². The molecule has 2 aromatic rings. The van der Waals surface area contributed by atoms with E-state index in [-0.39, 0.29) is 11.5 Å². The molecule has 3 nitrogen and oxygen atoms in total. The molecule has 0 unspecified atom stereocenters. The van der Waals surface area contributed by atoms with Crippen LogP contribution in [-0.2, 0) is 0 Å².